The molecule has 4 saturated carbocycles. The Labute approximate surface area is 196 Å². The summed E-state index contributed by atoms with van der Waals surface area (Å²) in [5.74, 6) is 4.91. The second kappa shape index (κ2) is 8.96. The first-order valence-corrected chi connectivity index (χ1v) is 14.0. The first-order valence-electron chi connectivity index (χ1n) is 14.0. The van der Waals surface area contributed by atoms with Gasteiger partial charge in [0.2, 0.25) is 0 Å². The summed E-state index contributed by atoms with van der Waals surface area (Å²) in [7, 11) is 0. The van der Waals surface area contributed by atoms with Crippen molar-refractivity contribution in [1.29, 1.82) is 0 Å². The number of carbonyl (C=O) groups is 1. The van der Waals surface area contributed by atoms with E-state index in [0.29, 0.717) is 18.2 Å². The SMILES string of the molecule is CCCN1CCN(CC(=O)[C@H]2CC[C@H]3[C@@H]4CC[C@@H]5C[C@](C)(O)CC[C@@H]5[C@H]4CC[C@]23C)CC1. The molecule has 0 radical (unpaired) electrons. The van der Waals surface area contributed by atoms with Crippen LogP contribution in [0.4, 0.5) is 0 Å². The number of rotatable bonds is 5. The predicted octanol–water partition coefficient (Wildman–Crippen LogP) is 4.60. The molecule has 0 spiro atoms. The van der Waals surface area contributed by atoms with Crippen molar-refractivity contribution < 1.29 is 9.90 Å². The minimum Gasteiger partial charge on any atom is -0.390 e. The van der Waals surface area contributed by atoms with Gasteiger partial charge in [0.25, 0.3) is 0 Å². The van der Waals surface area contributed by atoms with Gasteiger partial charge in [-0.1, -0.05) is 13.8 Å². The van der Waals surface area contributed by atoms with E-state index in [1.807, 2.05) is 0 Å². The molecule has 1 saturated heterocycles. The molecule has 0 aromatic rings. The van der Waals surface area contributed by atoms with Crippen LogP contribution in [0.25, 0.3) is 0 Å². The molecule has 5 rings (SSSR count). The van der Waals surface area contributed by atoms with Crippen LogP contribution in [-0.4, -0.2) is 65.6 Å². The molecule has 32 heavy (non-hydrogen) atoms. The van der Waals surface area contributed by atoms with Gasteiger partial charge in [0, 0.05) is 32.1 Å². The molecule has 0 aromatic heterocycles. The quantitative estimate of drug-likeness (QED) is 0.673. The van der Waals surface area contributed by atoms with Crippen LogP contribution >= 0.6 is 0 Å². The summed E-state index contributed by atoms with van der Waals surface area (Å²) in [6, 6.07) is 0. The second-order valence-electron chi connectivity index (χ2n) is 12.9. The lowest BCUT2D eigenvalue weighted by Gasteiger charge is -2.57. The van der Waals surface area contributed by atoms with Gasteiger partial charge in [0.1, 0.15) is 5.78 Å². The molecule has 4 heteroatoms. The summed E-state index contributed by atoms with van der Waals surface area (Å²) in [5.41, 5.74) is -0.181. The molecule has 4 nitrogen and oxygen atoms in total. The molecule has 0 amide bonds. The van der Waals surface area contributed by atoms with Crippen LogP contribution in [0.15, 0.2) is 0 Å². The van der Waals surface area contributed by atoms with E-state index < -0.39 is 5.60 Å². The fourth-order valence-electron chi connectivity index (χ4n) is 9.43. The van der Waals surface area contributed by atoms with Crippen LogP contribution in [0.1, 0.15) is 85.0 Å². The van der Waals surface area contributed by atoms with Crippen LogP contribution in [0.3, 0.4) is 0 Å². The topological polar surface area (TPSA) is 43.8 Å². The fraction of sp³-hybridized carbons (Fsp3) is 0.964. The molecule has 182 valence electrons. The molecule has 5 aliphatic rings. The number of carbonyl (C=O) groups excluding carboxylic acids is 1. The summed E-state index contributed by atoms with van der Waals surface area (Å²) in [6.07, 6.45) is 12.2. The third kappa shape index (κ3) is 4.22. The van der Waals surface area contributed by atoms with E-state index in [4.69, 9.17) is 0 Å². The Balaban J connectivity index is 1.21. The highest BCUT2D eigenvalue weighted by atomic mass is 16.3. The van der Waals surface area contributed by atoms with Crippen LogP contribution in [0.5, 0.6) is 0 Å². The molecule has 5 fully saturated rings. The van der Waals surface area contributed by atoms with Crippen molar-refractivity contribution >= 4 is 5.78 Å². The van der Waals surface area contributed by atoms with Gasteiger partial charge in [-0.2, -0.15) is 0 Å². The lowest BCUT2D eigenvalue weighted by molar-refractivity contribution is -0.133. The molecule has 1 heterocycles. The summed E-state index contributed by atoms with van der Waals surface area (Å²) in [6.45, 7) is 13.1. The average molecular weight is 445 g/mol. The molecule has 1 aliphatic heterocycles. The number of ketones is 1. The molecular weight excluding hydrogens is 396 g/mol. The van der Waals surface area contributed by atoms with Crippen molar-refractivity contribution in [3.05, 3.63) is 0 Å². The highest BCUT2D eigenvalue weighted by Gasteiger charge is 2.58. The Morgan fingerprint density at radius 3 is 2.34 bits per heavy atom. The third-order valence-corrected chi connectivity index (χ3v) is 11.0. The molecule has 4 aliphatic carbocycles. The number of nitrogens with zero attached hydrogens (tertiary/aromatic N) is 2. The van der Waals surface area contributed by atoms with Gasteiger partial charge in [-0.3, -0.25) is 9.69 Å². The molecule has 0 bridgehead atoms. The van der Waals surface area contributed by atoms with E-state index in [-0.39, 0.29) is 5.41 Å². The van der Waals surface area contributed by atoms with Gasteiger partial charge in [0.15, 0.2) is 0 Å². The van der Waals surface area contributed by atoms with Gasteiger partial charge in [-0.05, 0) is 113 Å². The third-order valence-electron chi connectivity index (χ3n) is 11.0. The van der Waals surface area contributed by atoms with E-state index in [9.17, 15) is 9.90 Å². The number of fused-ring (bicyclic) bond motifs is 5. The Morgan fingerprint density at radius 2 is 1.59 bits per heavy atom. The summed E-state index contributed by atoms with van der Waals surface area (Å²) in [4.78, 5) is 18.5. The van der Waals surface area contributed by atoms with Crippen molar-refractivity contribution in [2.45, 2.75) is 90.6 Å². The minimum absolute atomic E-state index is 0.245. The highest BCUT2D eigenvalue weighted by molar-refractivity contribution is 5.84. The van der Waals surface area contributed by atoms with Crippen molar-refractivity contribution in [3.8, 4) is 0 Å². The van der Waals surface area contributed by atoms with Gasteiger partial charge in [0.05, 0.1) is 12.1 Å². The largest absolute Gasteiger partial charge is 0.390 e. The lowest BCUT2D eigenvalue weighted by Crippen LogP contribution is -2.52. The minimum atomic E-state index is -0.427. The monoisotopic (exact) mass is 444 g/mol. The van der Waals surface area contributed by atoms with Crippen molar-refractivity contribution in [2.24, 2.45) is 40.9 Å². The number of aliphatic hydroxyl groups is 1. The summed E-state index contributed by atoms with van der Waals surface area (Å²) < 4.78 is 0. The Morgan fingerprint density at radius 1 is 0.875 bits per heavy atom. The first kappa shape index (κ1) is 23.3. The molecule has 1 N–H and O–H groups in total. The average Bonchev–Trinajstić information content (AvgIpc) is 3.11. The highest BCUT2D eigenvalue weighted by Crippen LogP contribution is 2.64. The van der Waals surface area contributed by atoms with Gasteiger partial charge >= 0.3 is 0 Å². The fourth-order valence-corrected chi connectivity index (χ4v) is 9.43. The second-order valence-corrected chi connectivity index (χ2v) is 12.9. The number of hydrogen-bond acceptors (Lipinski definition) is 4. The summed E-state index contributed by atoms with van der Waals surface area (Å²) >= 11 is 0. The van der Waals surface area contributed by atoms with E-state index in [0.717, 1.165) is 75.0 Å². The van der Waals surface area contributed by atoms with Crippen molar-refractivity contribution in [1.82, 2.24) is 9.80 Å². The van der Waals surface area contributed by atoms with Crippen LogP contribution < -0.4 is 0 Å². The number of piperazine rings is 1. The molecular formula is C28H48N2O2. The zero-order chi connectivity index (χ0) is 22.5. The number of Topliss-reactive ketones (excluding diaryl/α,β-unsaturated/α-hetero) is 1. The predicted molar refractivity (Wildman–Crippen MR) is 129 cm³/mol. The maximum absolute atomic E-state index is 13.6. The van der Waals surface area contributed by atoms with Crippen LogP contribution in [-0.2, 0) is 4.79 Å². The van der Waals surface area contributed by atoms with Gasteiger partial charge in [-0.15, -0.1) is 0 Å². The maximum atomic E-state index is 13.6. The Hall–Kier alpha value is -0.450. The Kier molecular flexibility index (Phi) is 6.53. The maximum Gasteiger partial charge on any atom is 0.150 e. The van der Waals surface area contributed by atoms with Crippen molar-refractivity contribution in [3.63, 3.8) is 0 Å². The zero-order valence-electron chi connectivity index (χ0n) is 21.0. The van der Waals surface area contributed by atoms with Gasteiger partial charge < -0.3 is 10.0 Å². The normalized spacial score (nSPS) is 47.5. The smallest absolute Gasteiger partial charge is 0.150 e. The standard InChI is InChI=1S/C28H48N2O2/c1-4-13-29-14-16-30(17-15-29)19-26(31)25-8-7-24-23-6-5-20-18-27(2,32)11-9-21(20)22(23)10-12-28(24,25)3/h20-25,32H,4-19H2,1-3H3/t20-,21+,22-,23-,24+,25-,27-,28+/m1/s1. The Bertz CT molecular complexity index is 685. The van der Waals surface area contributed by atoms with E-state index in [1.54, 1.807) is 0 Å². The number of hydrogen-bond donors (Lipinski definition) is 1. The molecule has 0 aromatic carbocycles. The van der Waals surface area contributed by atoms with E-state index in [1.165, 1.54) is 51.5 Å². The van der Waals surface area contributed by atoms with Crippen LogP contribution in [0.2, 0.25) is 0 Å². The first-order chi connectivity index (χ1) is 15.3. The van der Waals surface area contributed by atoms with Crippen LogP contribution in [0, 0.1) is 40.9 Å². The zero-order valence-corrected chi connectivity index (χ0v) is 21.0. The van der Waals surface area contributed by atoms with E-state index >= 15 is 0 Å². The van der Waals surface area contributed by atoms with Crippen molar-refractivity contribution in [2.75, 3.05) is 39.3 Å². The lowest BCUT2D eigenvalue weighted by atomic mass is 9.49. The van der Waals surface area contributed by atoms with E-state index in [2.05, 4.69) is 30.6 Å². The molecule has 0 unspecified atom stereocenters. The molecule has 8 atom stereocenters. The summed E-state index contributed by atoms with van der Waals surface area (Å²) in [5, 5.41) is 10.6. The van der Waals surface area contributed by atoms with Gasteiger partial charge in [-0.25, -0.2) is 0 Å².